The van der Waals surface area contributed by atoms with Crippen LogP contribution in [0.3, 0.4) is 0 Å². The molecule has 92 valence electrons. The standard InChI is InChI=1S/C15H16N2O/c18-15(12-8-9-16-10-12)17-14-7-3-5-11-4-1-2-6-13(11)14/h1-7,12,16H,8-10H2,(H,17,18). The van der Waals surface area contributed by atoms with Crippen LogP contribution in [0.2, 0.25) is 0 Å². The molecule has 18 heavy (non-hydrogen) atoms. The Hall–Kier alpha value is -1.87. The fraction of sp³-hybridized carbons (Fsp3) is 0.267. The van der Waals surface area contributed by atoms with Gasteiger partial charge in [-0.2, -0.15) is 0 Å². The van der Waals surface area contributed by atoms with Crippen molar-refractivity contribution in [2.24, 2.45) is 5.92 Å². The largest absolute Gasteiger partial charge is 0.325 e. The Morgan fingerprint density at radius 3 is 2.83 bits per heavy atom. The molecule has 1 unspecified atom stereocenters. The topological polar surface area (TPSA) is 41.1 Å². The number of fused-ring (bicyclic) bond motifs is 1. The summed E-state index contributed by atoms with van der Waals surface area (Å²) in [5.74, 6) is 0.223. The Morgan fingerprint density at radius 1 is 1.17 bits per heavy atom. The highest BCUT2D eigenvalue weighted by molar-refractivity contribution is 6.02. The summed E-state index contributed by atoms with van der Waals surface area (Å²) >= 11 is 0. The van der Waals surface area contributed by atoms with Crippen molar-refractivity contribution in [1.29, 1.82) is 0 Å². The molecule has 1 atom stereocenters. The van der Waals surface area contributed by atoms with Crippen molar-refractivity contribution in [3.8, 4) is 0 Å². The molecule has 1 saturated heterocycles. The van der Waals surface area contributed by atoms with Gasteiger partial charge in [0.15, 0.2) is 0 Å². The lowest BCUT2D eigenvalue weighted by Gasteiger charge is -2.12. The maximum Gasteiger partial charge on any atom is 0.228 e. The SMILES string of the molecule is O=C(Nc1cccc2ccccc12)C1CCNC1. The number of amides is 1. The molecule has 0 bridgehead atoms. The van der Waals surface area contributed by atoms with Crippen molar-refractivity contribution in [2.45, 2.75) is 6.42 Å². The number of benzene rings is 2. The van der Waals surface area contributed by atoms with E-state index in [9.17, 15) is 4.79 Å². The zero-order valence-electron chi connectivity index (χ0n) is 10.1. The molecule has 0 saturated carbocycles. The van der Waals surface area contributed by atoms with Gasteiger partial charge in [-0.1, -0.05) is 36.4 Å². The van der Waals surface area contributed by atoms with Gasteiger partial charge in [-0.15, -0.1) is 0 Å². The first-order valence-corrected chi connectivity index (χ1v) is 6.34. The lowest BCUT2D eigenvalue weighted by molar-refractivity contribution is -0.119. The Morgan fingerprint density at radius 2 is 2.00 bits per heavy atom. The summed E-state index contributed by atoms with van der Waals surface area (Å²) in [6.07, 6.45) is 0.927. The molecule has 1 aliphatic heterocycles. The Balaban J connectivity index is 1.88. The first-order valence-electron chi connectivity index (χ1n) is 6.34. The number of hydrogen-bond donors (Lipinski definition) is 2. The molecule has 2 N–H and O–H groups in total. The van der Waals surface area contributed by atoms with Crippen LogP contribution in [0.25, 0.3) is 10.8 Å². The van der Waals surface area contributed by atoms with E-state index in [0.29, 0.717) is 0 Å². The second-order valence-corrected chi connectivity index (χ2v) is 4.71. The molecular weight excluding hydrogens is 224 g/mol. The first-order chi connectivity index (χ1) is 8.84. The summed E-state index contributed by atoms with van der Waals surface area (Å²) in [6, 6.07) is 14.1. The maximum atomic E-state index is 12.1. The normalized spacial score (nSPS) is 19.0. The lowest BCUT2D eigenvalue weighted by atomic mass is 10.1. The van der Waals surface area contributed by atoms with Crippen molar-refractivity contribution in [2.75, 3.05) is 18.4 Å². The van der Waals surface area contributed by atoms with Crippen LogP contribution in [0.5, 0.6) is 0 Å². The molecule has 1 aliphatic rings. The quantitative estimate of drug-likeness (QED) is 0.846. The van der Waals surface area contributed by atoms with Crippen LogP contribution < -0.4 is 10.6 Å². The van der Waals surface area contributed by atoms with Crippen LogP contribution in [0.1, 0.15) is 6.42 Å². The average Bonchev–Trinajstić information content (AvgIpc) is 2.93. The summed E-state index contributed by atoms with van der Waals surface area (Å²) in [5.41, 5.74) is 0.907. The third-order valence-corrected chi connectivity index (χ3v) is 3.48. The Labute approximate surface area is 106 Å². The molecule has 1 amide bonds. The second-order valence-electron chi connectivity index (χ2n) is 4.71. The van der Waals surface area contributed by atoms with Crippen LogP contribution in [0.15, 0.2) is 42.5 Å². The molecule has 0 spiro atoms. The van der Waals surface area contributed by atoms with Crippen LogP contribution in [0, 0.1) is 5.92 Å². The van der Waals surface area contributed by atoms with Crippen LogP contribution in [0.4, 0.5) is 5.69 Å². The van der Waals surface area contributed by atoms with Crippen molar-refractivity contribution in [3.05, 3.63) is 42.5 Å². The third-order valence-electron chi connectivity index (χ3n) is 3.48. The van der Waals surface area contributed by atoms with Crippen molar-refractivity contribution >= 4 is 22.4 Å². The maximum absolute atomic E-state index is 12.1. The molecule has 3 rings (SSSR count). The fourth-order valence-corrected chi connectivity index (χ4v) is 2.45. The first kappa shape index (κ1) is 11.2. The monoisotopic (exact) mass is 240 g/mol. The van der Waals surface area contributed by atoms with E-state index in [0.717, 1.165) is 36.0 Å². The molecule has 1 fully saturated rings. The van der Waals surface area contributed by atoms with Gasteiger partial charge in [-0.3, -0.25) is 4.79 Å². The molecule has 3 heteroatoms. The van der Waals surface area contributed by atoms with Crippen molar-refractivity contribution < 1.29 is 4.79 Å². The van der Waals surface area contributed by atoms with Gasteiger partial charge in [0.05, 0.1) is 5.92 Å². The van der Waals surface area contributed by atoms with E-state index in [-0.39, 0.29) is 11.8 Å². The summed E-state index contributed by atoms with van der Waals surface area (Å²) in [6.45, 7) is 1.73. The summed E-state index contributed by atoms with van der Waals surface area (Å²) in [5, 5.41) is 8.51. The number of nitrogens with one attached hydrogen (secondary N) is 2. The van der Waals surface area contributed by atoms with Gasteiger partial charge in [-0.05, 0) is 24.4 Å². The third kappa shape index (κ3) is 2.09. The summed E-state index contributed by atoms with van der Waals surface area (Å²) < 4.78 is 0. The summed E-state index contributed by atoms with van der Waals surface area (Å²) in [7, 11) is 0. The molecular formula is C15H16N2O. The van der Waals surface area contributed by atoms with Gasteiger partial charge in [-0.25, -0.2) is 0 Å². The number of anilines is 1. The number of rotatable bonds is 2. The van der Waals surface area contributed by atoms with E-state index in [1.165, 1.54) is 0 Å². The van der Waals surface area contributed by atoms with E-state index in [1.54, 1.807) is 0 Å². The molecule has 0 aliphatic carbocycles. The van der Waals surface area contributed by atoms with Crippen molar-refractivity contribution in [3.63, 3.8) is 0 Å². The van der Waals surface area contributed by atoms with Gasteiger partial charge < -0.3 is 10.6 Å². The molecule has 0 aromatic heterocycles. The zero-order valence-corrected chi connectivity index (χ0v) is 10.1. The highest BCUT2D eigenvalue weighted by atomic mass is 16.1. The smallest absolute Gasteiger partial charge is 0.228 e. The highest BCUT2D eigenvalue weighted by Crippen LogP contribution is 2.23. The minimum Gasteiger partial charge on any atom is -0.325 e. The van der Waals surface area contributed by atoms with Gasteiger partial charge in [0.1, 0.15) is 0 Å². The predicted molar refractivity (Wildman–Crippen MR) is 73.6 cm³/mol. The minimum absolute atomic E-state index is 0.101. The minimum atomic E-state index is 0.101. The van der Waals surface area contributed by atoms with Crippen LogP contribution in [-0.4, -0.2) is 19.0 Å². The second kappa shape index (κ2) is 4.78. The van der Waals surface area contributed by atoms with Gasteiger partial charge in [0.2, 0.25) is 5.91 Å². The lowest BCUT2D eigenvalue weighted by Crippen LogP contribution is -2.24. The molecule has 2 aromatic rings. The Kier molecular flexibility index (Phi) is 2.99. The van der Waals surface area contributed by atoms with Gasteiger partial charge >= 0.3 is 0 Å². The van der Waals surface area contributed by atoms with E-state index < -0.39 is 0 Å². The van der Waals surface area contributed by atoms with Gasteiger partial charge in [0, 0.05) is 17.6 Å². The zero-order chi connectivity index (χ0) is 12.4. The van der Waals surface area contributed by atoms with Crippen LogP contribution >= 0.6 is 0 Å². The molecule has 3 nitrogen and oxygen atoms in total. The molecule has 0 radical (unpaired) electrons. The molecule has 1 heterocycles. The molecule has 2 aromatic carbocycles. The van der Waals surface area contributed by atoms with Gasteiger partial charge in [0.25, 0.3) is 0 Å². The fourth-order valence-electron chi connectivity index (χ4n) is 2.45. The number of carbonyl (C=O) groups is 1. The Bertz CT molecular complexity index is 568. The summed E-state index contributed by atoms with van der Waals surface area (Å²) in [4.78, 5) is 12.1. The number of hydrogen-bond acceptors (Lipinski definition) is 2. The highest BCUT2D eigenvalue weighted by Gasteiger charge is 2.22. The van der Waals surface area contributed by atoms with E-state index in [2.05, 4.69) is 22.8 Å². The average molecular weight is 240 g/mol. The van der Waals surface area contributed by atoms with E-state index >= 15 is 0 Å². The van der Waals surface area contributed by atoms with Crippen LogP contribution in [-0.2, 0) is 4.79 Å². The number of carbonyl (C=O) groups excluding carboxylic acids is 1. The van der Waals surface area contributed by atoms with Crippen molar-refractivity contribution in [1.82, 2.24) is 5.32 Å². The van der Waals surface area contributed by atoms with E-state index in [1.807, 2.05) is 30.3 Å². The predicted octanol–water partition coefficient (Wildman–Crippen LogP) is 2.39. The van der Waals surface area contributed by atoms with E-state index in [4.69, 9.17) is 0 Å².